The molecule has 0 aliphatic heterocycles. The van der Waals surface area contributed by atoms with Crippen LogP contribution in [0, 0.1) is 11.3 Å². The summed E-state index contributed by atoms with van der Waals surface area (Å²) in [7, 11) is 0. The number of fused-ring (bicyclic) bond motifs is 1. The Morgan fingerprint density at radius 1 is 1.26 bits per heavy atom. The molecule has 0 amide bonds. The normalized spacial score (nSPS) is 14.0. The van der Waals surface area contributed by atoms with E-state index < -0.39 is 0 Å². The fraction of sp³-hybridized carbons (Fsp3) is 0.692. The molecule has 0 radical (unpaired) electrons. The highest BCUT2D eigenvalue weighted by atomic mass is 15.6. The maximum absolute atomic E-state index is 4.37. The number of hydrogen-bond donors (Lipinski definition) is 1. The van der Waals surface area contributed by atoms with Gasteiger partial charge in [0.05, 0.1) is 0 Å². The highest BCUT2D eigenvalue weighted by Crippen LogP contribution is 2.27. The number of tetrazole rings is 1. The van der Waals surface area contributed by atoms with Crippen molar-refractivity contribution >= 4 is 11.5 Å². The topological polar surface area (TPSA) is 68.0 Å². The average Bonchev–Trinajstić information content (AvgIpc) is 2.73. The molecule has 0 spiro atoms. The highest BCUT2D eigenvalue weighted by Gasteiger charge is 2.25. The molecule has 0 aliphatic rings. The summed E-state index contributed by atoms with van der Waals surface area (Å²) >= 11 is 0. The molecule has 0 saturated carbocycles. The van der Waals surface area contributed by atoms with Crippen LogP contribution < -0.4 is 5.32 Å². The molecule has 0 saturated heterocycles. The standard InChI is InChI=1S/C13H22N6/c1-9(2)8-10(13(3,4)5)14-11-6-7-12-15-17-18-19(12)16-11/h6-7,9-10H,8H2,1-5H3,(H,14,16). The van der Waals surface area contributed by atoms with Gasteiger partial charge in [-0.1, -0.05) is 34.6 Å². The van der Waals surface area contributed by atoms with E-state index in [-0.39, 0.29) is 5.41 Å². The van der Waals surface area contributed by atoms with Crippen LogP contribution in [0.15, 0.2) is 12.1 Å². The average molecular weight is 262 g/mol. The van der Waals surface area contributed by atoms with Gasteiger partial charge in [0.25, 0.3) is 0 Å². The lowest BCUT2D eigenvalue weighted by Gasteiger charge is -2.33. The van der Waals surface area contributed by atoms with Gasteiger partial charge in [0, 0.05) is 6.04 Å². The zero-order valence-corrected chi connectivity index (χ0v) is 12.3. The van der Waals surface area contributed by atoms with Crippen molar-refractivity contribution < 1.29 is 0 Å². The summed E-state index contributed by atoms with van der Waals surface area (Å²) in [4.78, 5) is 0. The zero-order chi connectivity index (χ0) is 14.0. The monoisotopic (exact) mass is 262 g/mol. The van der Waals surface area contributed by atoms with Gasteiger partial charge in [-0.3, -0.25) is 0 Å². The molecule has 1 unspecified atom stereocenters. The van der Waals surface area contributed by atoms with Crippen molar-refractivity contribution in [2.45, 2.75) is 47.1 Å². The van der Waals surface area contributed by atoms with Crippen molar-refractivity contribution in [2.75, 3.05) is 5.32 Å². The van der Waals surface area contributed by atoms with Crippen LogP contribution in [-0.2, 0) is 0 Å². The van der Waals surface area contributed by atoms with Crippen molar-refractivity contribution in [1.29, 1.82) is 0 Å². The van der Waals surface area contributed by atoms with Gasteiger partial charge in [-0.2, -0.15) is 0 Å². The Balaban J connectivity index is 2.20. The number of nitrogens with zero attached hydrogens (tertiary/aromatic N) is 5. The van der Waals surface area contributed by atoms with Gasteiger partial charge in [-0.25, -0.2) is 0 Å². The molecule has 0 aromatic carbocycles. The molecule has 2 heterocycles. The minimum Gasteiger partial charge on any atom is -0.365 e. The SMILES string of the molecule is CC(C)CC(Nc1ccc2nnnn2n1)C(C)(C)C. The number of rotatable bonds is 4. The van der Waals surface area contributed by atoms with Crippen LogP contribution in [0.3, 0.4) is 0 Å². The van der Waals surface area contributed by atoms with Crippen LogP contribution in [0.4, 0.5) is 5.82 Å². The maximum Gasteiger partial charge on any atom is 0.200 e. The summed E-state index contributed by atoms with van der Waals surface area (Å²) in [6.07, 6.45) is 1.10. The molecule has 2 rings (SSSR count). The summed E-state index contributed by atoms with van der Waals surface area (Å²) in [6.45, 7) is 11.2. The summed E-state index contributed by atoms with van der Waals surface area (Å²) in [6, 6.07) is 4.14. The van der Waals surface area contributed by atoms with Crippen molar-refractivity contribution in [1.82, 2.24) is 25.3 Å². The van der Waals surface area contributed by atoms with Gasteiger partial charge in [-0.05, 0) is 40.3 Å². The molecule has 0 aliphatic carbocycles. The minimum atomic E-state index is 0.168. The Labute approximate surface area is 113 Å². The van der Waals surface area contributed by atoms with E-state index in [0.717, 1.165) is 12.2 Å². The smallest absolute Gasteiger partial charge is 0.200 e. The van der Waals surface area contributed by atoms with Crippen LogP contribution in [0.2, 0.25) is 0 Å². The molecule has 6 nitrogen and oxygen atoms in total. The van der Waals surface area contributed by atoms with E-state index in [1.807, 2.05) is 12.1 Å². The number of aromatic nitrogens is 5. The van der Waals surface area contributed by atoms with E-state index >= 15 is 0 Å². The van der Waals surface area contributed by atoms with Crippen LogP contribution in [0.25, 0.3) is 5.65 Å². The Kier molecular flexibility index (Phi) is 3.68. The highest BCUT2D eigenvalue weighted by molar-refractivity contribution is 5.42. The lowest BCUT2D eigenvalue weighted by atomic mass is 9.82. The van der Waals surface area contributed by atoms with E-state index in [1.54, 1.807) is 0 Å². The Morgan fingerprint density at radius 2 is 2.00 bits per heavy atom. The second kappa shape index (κ2) is 5.11. The first-order valence-electron chi connectivity index (χ1n) is 6.68. The van der Waals surface area contributed by atoms with Crippen LogP contribution in [0.5, 0.6) is 0 Å². The van der Waals surface area contributed by atoms with Crippen molar-refractivity contribution in [3.05, 3.63) is 12.1 Å². The molecular weight excluding hydrogens is 240 g/mol. The Bertz CT molecular complexity index is 539. The zero-order valence-electron chi connectivity index (χ0n) is 12.3. The second-order valence-electron chi connectivity index (χ2n) is 6.44. The van der Waals surface area contributed by atoms with E-state index in [2.05, 4.69) is 60.6 Å². The third-order valence-corrected chi connectivity index (χ3v) is 3.14. The van der Waals surface area contributed by atoms with E-state index in [0.29, 0.717) is 17.6 Å². The fourth-order valence-corrected chi connectivity index (χ4v) is 2.01. The first kappa shape index (κ1) is 13.7. The van der Waals surface area contributed by atoms with E-state index in [1.165, 1.54) is 4.63 Å². The number of hydrogen-bond acceptors (Lipinski definition) is 5. The lowest BCUT2D eigenvalue weighted by molar-refractivity contribution is 0.300. The summed E-state index contributed by atoms with van der Waals surface area (Å²) in [5.41, 5.74) is 0.823. The molecule has 1 N–H and O–H groups in total. The molecule has 2 aromatic rings. The van der Waals surface area contributed by atoms with Gasteiger partial charge in [0.2, 0.25) is 0 Å². The Hall–Kier alpha value is -1.72. The van der Waals surface area contributed by atoms with Gasteiger partial charge in [-0.15, -0.1) is 14.8 Å². The molecule has 0 bridgehead atoms. The van der Waals surface area contributed by atoms with Crippen molar-refractivity contribution in [3.8, 4) is 0 Å². The molecule has 0 fully saturated rings. The summed E-state index contributed by atoms with van der Waals surface area (Å²) in [5.74, 6) is 1.44. The fourth-order valence-electron chi connectivity index (χ4n) is 2.01. The molecule has 19 heavy (non-hydrogen) atoms. The predicted octanol–water partition coefficient (Wildman–Crippen LogP) is 2.39. The van der Waals surface area contributed by atoms with Gasteiger partial charge in [0.15, 0.2) is 5.65 Å². The van der Waals surface area contributed by atoms with Gasteiger partial charge < -0.3 is 5.32 Å². The third kappa shape index (κ3) is 3.39. The first-order valence-corrected chi connectivity index (χ1v) is 6.68. The largest absolute Gasteiger partial charge is 0.365 e. The minimum absolute atomic E-state index is 0.168. The summed E-state index contributed by atoms with van der Waals surface area (Å²) in [5, 5.41) is 19.1. The van der Waals surface area contributed by atoms with Crippen LogP contribution in [-0.4, -0.2) is 31.3 Å². The van der Waals surface area contributed by atoms with Crippen LogP contribution in [0.1, 0.15) is 41.0 Å². The number of nitrogens with one attached hydrogen (secondary N) is 1. The second-order valence-corrected chi connectivity index (χ2v) is 6.44. The van der Waals surface area contributed by atoms with E-state index in [9.17, 15) is 0 Å². The quantitative estimate of drug-likeness (QED) is 0.916. The first-order chi connectivity index (χ1) is 8.86. The molecule has 6 heteroatoms. The molecular formula is C13H22N6. The maximum atomic E-state index is 4.37. The van der Waals surface area contributed by atoms with Gasteiger partial charge in [0.1, 0.15) is 5.82 Å². The number of anilines is 1. The predicted molar refractivity (Wildman–Crippen MR) is 74.9 cm³/mol. The molecule has 104 valence electrons. The lowest BCUT2D eigenvalue weighted by Crippen LogP contribution is -2.35. The van der Waals surface area contributed by atoms with Gasteiger partial charge >= 0.3 is 0 Å². The van der Waals surface area contributed by atoms with E-state index in [4.69, 9.17) is 0 Å². The van der Waals surface area contributed by atoms with Crippen molar-refractivity contribution in [2.24, 2.45) is 11.3 Å². The summed E-state index contributed by atoms with van der Waals surface area (Å²) < 4.78 is 1.44. The van der Waals surface area contributed by atoms with Crippen LogP contribution >= 0.6 is 0 Å². The molecule has 1 atom stereocenters. The molecule has 2 aromatic heterocycles. The van der Waals surface area contributed by atoms with Crippen molar-refractivity contribution in [3.63, 3.8) is 0 Å². The Morgan fingerprint density at radius 3 is 2.63 bits per heavy atom. The third-order valence-electron chi connectivity index (χ3n) is 3.14.